The summed E-state index contributed by atoms with van der Waals surface area (Å²) in [5.74, 6) is -0.746. The summed E-state index contributed by atoms with van der Waals surface area (Å²) in [5.41, 5.74) is 1.03. The van der Waals surface area contributed by atoms with Crippen molar-refractivity contribution in [3.05, 3.63) is 30.3 Å². The Balaban J connectivity index is 2.25. The minimum atomic E-state index is -0.746. The van der Waals surface area contributed by atoms with Crippen LogP contribution >= 0.6 is 0 Å². The van der Waals surface area contributed by atoms with Crippen molar-refractivity contribution < 1.29 is 9.90 Å². The molecule has 18 heavy (non-hydrogen) atoms. The highest BCUT2D eigenvalue weighted by atomic mass is 16.4. The molecular formula is C15H21NO2. The first-order chi connectivity index (χ1) is 8.70. The molecule has 1 aliphatic carbocycles. The minimum absolute atomic E-state index is 0.368. The summed E-state index contributed by atoms with van der Waals surface area (Å²) >= 11 is 0. The van der Waals surface area contributed by atoms with Gasteiger partial charge < -0.3 is 10.0 Å². The lowest BCUT2D eigenvalue weighted by atomic mass is 9.92. The topological polar surface area (TPSA) is 40.5 Å². The predicted octanol–water partition coefficient (Wildman–Crippen LogP) is 3.30. The maximum atomic E-state index is 11.3. The standard InChI is InChI=1S/C15H21NO2/c1-12(15(17)18)16(13-8-4-2-5-9-13)14-10-6-3-7-11-14/h2,4-5,8-9,12,14H,3,6-7,10-11H2,1H3,(H,17,18)/t12-/m0/s1. The summed E-state index contributed by atoms with van der Waals surface area (Å²) in [6.45, 7) is 1.78. The average molecular weight is 247 g/mol. The summed E-state index contributed by atoms with van der Waals surface area (Å²) < 4.78 is 0. The van der Waals surface area contributed by atoms with E-state index in [1.165, 1.54) is 19.3 Å². The van der Waals surface area contributed by atoms with Gasteiger partial charge >= 0.3 is 5.97 Å². The number of rotatable bonds is 4. The molecule has 1 aromatic carbocycles. The Bertz CT molecular complexity index is 385. The summed E-state index contributed by atoms with van der Waals surface area (Å²) in [6.07, 6.45) is 5.90. The number of aliphatic carboxylic acids is 1. The van der Waals surface area contributed by atoms with E-state index in [4.69, 9.17) is 0 Å². The quantitative estimate of drug-likeness (QED) is 0.887. The van der Waals surface area contributed by atoms with E-state index in [-0.39, 0.29) is 0 Å². The number of carboxylic acids is 1. The molecule has 98 valence electrons. The van der Waals surface area contributed by atoms with Gasteiger partial charge in [-0.15, -0.1) is 0 Å². The van der Waals surface area contributed by atoms with Crippen LogP contribution in [0, 0.1) is 0 Å². The summed E-state index contributed by atoms with van der Waals surface area (Å²) in [6, 6.07) is 9.83. The molecule has 1 saturated carbocycles. The van der Waals surface area contributed by atoms with Crippen LogP contribution in [0.25, 0.3) is 0 Å². The highest BCUT2D eigenvalue weighted by molar-refractivity contribution is 5.78. The number of carboxylic acid groups (broad SMARTS) is 1. The van der Waals surface area contributed by atoms with Crippen LogP contribution in [0.4, 0.5) is 5.69 Å². The molecule has 0 aromatic heterocycles. The Hall–Kier alpha value is -1.51. The van der Waals surface area contributed by atoms with Crippen LogP contribution < -0.4 is 4.90 Å². The second-order valence-corrected chi connectivity index (χ2v) is 5.05. The Morgan fingerprint density at radius 2 is 1.83 bits per heavy atom. The molecule has 1 atom stereocenters. The number of benzene rings is 1. The highest BCUT2D eigenvalue weighted by Crippen LogP contribution is 2.29. The predicted molar refractivity (Wildman–Crippen MR) is 72.9 cm³/mol. The first kappa shape index (κ1) is 12.9. The molecule has 0 spiro atoms. The first-order valence-corrected chi connectivity index (χ1v) is 6.76. The molecule has 2 rings (SSSR count). The average Bonchev–Trinajstić information content (AvgIpc) is 2.41. The fourth-order valence-electron chi connectivity index (χ4n) is 2.83. The second-order valence-electron chi connectivity index (χ2n) is 5.05. The van der Waals surface area contributed by atoms with Crippen LogP contribution in [-0.2, 0) is 4.79 Å². The third kappa shape index (κ3) is 2.84. The Morgan fingerprint density at radius 3 is 2.39 bits per heavy atom. The van der Waals surface area contributed by atoms with Crippen LogP contribution in [0.5, 0.6) is 0 Å². The van der Waals surface area contributed by atoms with Crippen molar-refractivity contribution >= 4 is 11.7 Å². The Labute approximate surface area is 108 Å². The number of para-hydroxylation sites is 1. The summed E-state index contributed by atoms with van der Waals surface area (Å²) in [7, 11) is 0. The molecule has 1 N–H and O–H groups in total. The lowest BCUT2D eigenvalue weighted by Crippen LogP contribution is -2.46. The molecule has 3 heteroatoms. The van der Waals surface area contributed by atoms with E-state index in [1.807, 2.05) is 30.3 Å². The molecule has 0 radical (unpaired) electrons. The number of hydrogen-bond acceptors (Lipinski definition) is 2. The summed E-state index contributed by atoms with van der Waals surface area (Å²) in [4.78, 5) is 13.4. The van der Waals surface area contributed by atoms with Crippen LogP contribution in [0.3, 0.4) is 0 Å². The van der Waals surface area contributed by atoms with E-state index in [2.05, 4.69) is 4.90 Å². The Kier molecular flexibility index (Phi) is 4.24. The molecule has 0 saturated heterocycles. The largest absolute Gasteiger partial charge is 0.480 e. The van der Waals surface area contributed by atoms with E-state index in [0.717, 1.165) is 18.5 Å². The second kappa shape index (κ2) is 5.89. The van der Waals surface area contributed by atoms with E-state index in [9.17, 15) is 9.90 Å². The van der Waals surface area contributed by atoms with Gasteiger partial charge in [-0.25, -0.2) is 4.79 Å². The van der Waals surface area contributed by atoms with Crippen molar-refractivity contribution in [2.24, 2.45) is 0 Å². The maximum absolute atomic E-state index is 11.3. The van der Waals surface area contributed by atoms with E-state index < -0.39 is 12.0 Å². The fraction of sp³-hybridized carbons (Fsp3) is 0.533. The molecule has 1 fully saturated rings. The van der Waals surface area contributed by atoms with E-state index in [0.29, 0.717) is 6.04 Å². The van der Waals surface area contributed by atoms with E-state index in [1.54, 1.807) is 6.92 Å². The molecule has 0 heterocycles. The zero-order valence-electron chi connectivity index (χ0n) is 10.9. The molecule has 0 aliphatic heterocycles. The molecule has 1 aliphatic rings. The van der Waals surface area contributed by atoms with Gasteiger partial charge in [0.1, 0.15) is 6.04 Å². The van der Waals surface area contributed by atoms with Crippen molar-refractivity contribution in [3.63, 3.8) is 0 Å². The number of nitrogens with zero attached hydrogens (tertiary/aromatic N) is 1. The van der Waals surface area contributed by atoms with Crippen molar-refractivity contribution in [2.45, 2.75) is 51.1 Å². The third-order valence-electron chi connectivity index (χ3n) is 3.80. The van der Waals surface area contributed by atoms with Gasteiger partial charge in [0.15, 0.2) is 0 Å². The highest BCUT2D eigenvalue weighted by Gasteiger charge is 2.29. The molecule has 1 aromatic rings. The summed E-state index contributed by atoms with van der Waals surface area (Å²) in [5, 5.41) is 9.30. The van der Waals surface area contributed by atoms with Gasteiger partial charge in [-0.2, -0.15) is 0 Å². The molecule has 0 unspecified atom stereocenters. The van der Waals surface area contributed by atoms with Crippen LogP contribution in [0.1, 0.15) is 39.0 Å². The zero-order valence-corrected chi connectivity index (χ0v) is 10.9. The third-order valence-corrected chi connectivity index (χ3v) is 3.80. The molecule has 0 bridgehead atoms. The van der Waals surface area contributed by atoms with Gasteiger partial charge in [0, 0.05) is 11.7 Å². The normalized spacial score (nSPS) is 18.3. The van der Waals surface area contributed by atoms with Gasteiger partial charge in [-0.05, 0) is 31.9 Å². The van der Waals surface area contributed by atoms with Crippen LogP contribution in [-0.4, -0.2) is 23.2 Å². The SMILES string of the molecule is C[C@@H](C(=O)O)N(c1ccccc1)C1CCCCC1. The zero-order chi connectivity index (χ0) is 13.0. The van der Waals surface area contributed by atoms with E-state index >= 15 is 0 Å². The molecule has 0 amide bonds. The van der Waals surface area contributed by atoms with Crippen LogP contribution in [0.2, 0.25) is 0 Å². The smallest absolute Gasteiger partial charge is 0.326 e. The molecular weight excluding hydrogens is 226 g/mol. The number of hydrogen-bond donors (Lipinski definition) is 1. The lowest BCUT2D eigenvalue weighted by Gasteiger charge is -2.38. The maximum Gasteiger partial charge on any atom is 0.326 e. The number of carbonyl (C=O) groups is 1. The lowest BCUT2D eigenvalue weighted by molar-refractivity contribution is -0.138. The van der Waals surface area contributed by atoms with Crippen molar-refractivity contribution in [3.8, 4) is 0 Å². The number of anilines is 1. The van der Waals surface area contributed by atoms with Gasteiger partial charge in [0.2, 0.25) is 0 Å². The van der Waals surface area contributed by atoms with Crippen molar-refractivity contribution in [1.29, 1.82) is 0 Å². The monoisotopic (exact) mass is 247 g/mol. The van der Waals surface area contributed by atoms with Crippen molar-refractivity contribution in [1.82, 2.24) is 0 Å². The van der Waals surface area contributed by atoms with Crippen molar-refractivity contribution in [2.75, 3.05) is 4.90 Å². The van der Waals surface area contributed by atoms with Gasteiger partial charge in [-0.1, -0.05) is 37.5 Å². The first-order valence-electron chi connectivity index (χ1n) is 6.76. The van der Waals surface area contributed by atoms with Gasteiger partial charge in [0.25, 0.3) is 0 Å². The van der Waals surface area contributed by atoms with Crippen LogP contribution in [0.15, 0.2) is 30.3 Å². The van der Waals surface area contributed by atoms with Gasteiger partial charge in [-0.3, -0.25) is 0 Å². The fourth-order valence-corrected chi connectivity index (χ4v) is 2.83. The van der Waals surface area contributed by atoms with Gasteiger partial charge in [0.05, 0.1) is 0 Å². The molecule has 3 nitrogen and oxygen atoms in total. The Morgan fingerprint density at radius 1 is 1.22 bits per heavy atom. The minimum Gasteiger partial charge on any atom is -0.480 e.